The lowest BCUT2D eigenvalue weighted by Crippen LogP contribution is -1.93. The molecule has 0 aliphatic heterocycles. The van der Waals surface area contributed by atoms with Crippen LogP contribution in [0.25, 0.3) is 10.8 Å². The number of benzene rings is 3. The first-order chi connectivity index (χ1) is 9.25. The van der Waals surface area contributed by atoms with Gasteiger partial charge in [0.1, 0.15) is 5.75 Å². The molecule has 0 saturated carbocycles. The second kappa shape index (κ2) is 4.82. The third-order valence-corrected chi connectivity index (χ3v) is 3.31. The van der Waals surface area contributed by atoms with E-state index in [0.717, 1.165) is 16.5 Å². The van der Waals surface area contributed by atoms with Crippen molar-refractivity contribution in [2.75, 3.05) is 5.73 Å². The highest BCUT2D eigenvalue weighted by atomic mass is 35.5. The molecule has 3 aromatic rings. The third kappa shape index (κ3) is 2.23. The number of rotatable bonds is 2. The molecule has 3 rings (SSSR count). The van der Waals surface area contributed by atoms with Gasteiger partial charge in [0.05, 0.1) is 10.7 Å². The highest BCUT2D eigenvalue weighted by Gasteiger charge is 2.07. The van der Waals surface area contributed by atoms with E-state index in [1.807, 2.05) is 54.6 Å². The maximum atomic E-state index is 5.99. The number of halogens is 1. The van der Waals surface area contributed by atoms with Gasteiger partial charge in [-0.3, -0.25) is 0 Å². The fourth-order valence-corrected chi connectivity index (χ4v) is 2.18. The Morgan fingerprint density at radius 2 is 1.47 bits per heavy atom. The minimum atomic E-state index is 0.456. The van der Waals surface area contributed by atoms with Crippen molar-refractivity contribution in [2.24, 2.45) is 0 Å². The molecule has 2 N–H and O–H groups in total. The zero-order chi connectivity index (χ0) is 13.2. The van der Waals surface area contributed by atoms with Gasteiger partial charge in [-0.15, -0.1) is 0 Å². The van der Waals surface area contributed by atoms with Crippen molar-refractivity contribution in [3.63, 3.8) is 0 Å². The molecule has 0 aliphatic rings. The predicted octanol–water partition coefficient (Wildman–Crippen LogP) is 4.87. The molecule has 94 valence electrons. The van der Waals surface area contributed by atoms with Gasteiger partial charge in [0.2, 0.25) is 0 Å². The van der Waals surface area contributed by atoms with Crippen LogP contribution >= 0.6 is 11.6 Å². The summed E-state index contributed by atoms with van der Waals surface area (Å²) in [5.74, 6) is 1.34. The molecule has 19 heavy (non-hydrogen) atoms. The maximum Gasteiger partial charge on any atom is 0.151 e. The van der Waals surface area contributed by atoms with Crippen LogP contribution in [0, 0.1) is 0 Å². The summed E-state index contributed by atoms with van der Waals surface area (Å²) in [7, 11) is 0. The average Bonchev–Trinajstić information content (AvgIpc) is 2.44. The zero-order valence-corrected chi connectivity index (χ0v) is 10.9. The Morgan fingerprint density at radius 1 is 0.789 bits per heavy atom. The van der Waals surface area contributed by atoms with Crippen LogP contribution in [0.5, 0.6) is 11.5 Å². The minimum absolute atomic E-state index is 0.456. The Labute approximate surface area is 116 Å². The number of fused-ring (bicyclic) bond motifs is 1. The van der Waals surface area contributed by atoms with Gasteiger partial charge < -0.3 is 10.5 Å². The molecule has 0 aromatic heterocycles. The van der Waals surface area contributed by atoms with E-state index in [1.165, 1.54) is 0 Å². The van der Waals surface area contributed by atoms with Crippen molar-refractivity contribution in [3.05, 3.63) is 65.7 Å². The molecule has 0 fully saturated rings. The molecule has 3 aromatic carbocycles. The molecule has 0 spiro atoms. The first-order valence-corrected chi connectivity index (χ1v) is 6.33. The lowest BCUT2D eigenvalue weighted by molar-refractivity contribution is 0.491. The van der Waals surface area contributed by atoms with Gasteiger partial charge in [0, 0.05) is 5.39 Å². The lowest BCUT2D eigenvalue weighted by atomic mass is 10.1. The average molecular weight is 270 g/mol. The Morgan fingerprint density at radius 3 is 2.37 bits per heavy atom. The van der Waals surface area contributed by atoms with Crippen LogP contribution in [0.4, 0.5) is 5.69 Å². The molecule has 0 amide bonds. The molecule has 0 saturated heterocycles. The van der Waals surface area contributed by atoms with E-state index in [2.05, 4.69) is 0 Å². The first kappa shape index (κ1) is 11.9. The maximum absolute atomic E-state index is 5.99. The Hall–Kier alpha value is -2.19. The number of hydrogen-bond donors (Lipinski definition) is 1. The SMILES string of the molecule is Nc1c(Cl)cccc1Oc1cccc2ccccc12. The van der Waals surface area contributed by atoms with Crippen molar-refractivity contribution in [1.29, 1.82) is 0 Å². The van der Waals surface area contributed by atoms with Crippen molar-refractivity contribution < 1.29 is 4.74 Å². The number of ether oxygens (including phenoxy) is 1. The highest BCUT2D eigenvalue weighted by molar-refractivity contribution is 6.33. The van der Waals surface area contributed by atoms with Gasteiger partial charge in [0.25, 0.3) is 0 Å². The second-order valence-electron chi connectivity index (χ2n) is 4.23. The van der Waals surface area contributed by atoms with Crippen LogP contribution in [0.2, 0.25) is 5.02 Å². The Balaban J connectivity index is 2.09. The van der Waals surface area contributed by atoms with Crippen LogP contribution in [0.15, 0.2) is 60.7 Å². The molecule has 2 nitrogen and oxygen atoms in total. The molecule has 0 aliphatic carbocycles. The van der Waals surface area contributed by atoms with E-state index in [0.29, 0.717) is 16.5 Å². The number of nitrogen functional groups attached to an aromatic ring is 1. The normalized spacial score (nSPS) is 10.6. The molecule has 0 bridgehead atoms. The fourth-order valence-electron chi connectivity index (χ4n) is 2.01. The van der Waals surface area contributed by atoms with Crippen molar-refractivity contribution in [3.8, 4) is 11.5 Å². The molecule has 0 radical (unpaired) electrons. The third-order valence-electron chi connectivity index (χ3n) is 2.98. The summed E-state index contributed by atoms with van der Waals surface area (Å²) in [5.41, 5.74) is 6.37. The zero-order valence-electron chi connectivity index (χ0n) is 10.1. The van der Waals surface area contributed by atoms with Gasteiger partial charge in [-0.25, -0.2) is 0 Å². The largest absolute Gasteiger partial charge is 0.454 e. The van der Waals surface area contributed by atoms with Crippen LogP contribution in [-0.2, 0) is 0 Å². The molecular formula is C16H12ClNO. The van der Waals surface area contributed by atoms with Gasteiger partial charge in [-0.05, 0) is 23.6 Å². The highest BCUT2D eigenvalue weighted by Crippen LogP contribution is 2.35. The Bertz CT molecular complexity index is 734. The monoisotopic (exact) mass is 269 g/mol. The van der Waals surface area contributed by atoms with Crippen molar-refractivity contribution in [1.82, 2.24) is 0 Å². The first-order valence-electron chi connectivity index (χ1n) is 5.95. The minimum Gasteiger partial charge on any atom is -0.454 e. The summed E-state index contributed by atoms with van der Waals surface area (Å²) < 4.78 is 5.89. The summed E-state index contributed by atoms with van der Waals surface area (Å²) >= 11 is 5.99. The predicted molar refractivity (Wildman–Crippen MR) is 79.9 cm³/mol. The quantitative estimate of drug-likeness (QED) is 0.674. The standard InChI is InChI=1S/C16H12ClNO/c17-13-8-4-10-15(16(13)18)19-14-9-3-6-11-5-1-2-7-12(11)14/h1-10H,18H2. The lowest BCUT2D eigenvalue weighted by Gasteiger charge is -2.11. The molecule has 0 heterocycles. The van der Waals surface area contributed by atoms with E-state index in [4.69, 9.17) is 22.1 Å². The van der Waals surface area contributed by atoms with Crippen LogP contribution < -0.4 is 10.5 Å². The second-order valence-corrected chi connectivity index (χ2v) is 4.64. The summed E-state index contributed by atoms with van der Waals surface area (Å²) in [4.78, 5) is 0. The number of anilines is 1. The summed E-state index contributed by atoms with van der Waals surface area (Å²) in [6, 6.07) is 19.3. The van der Waals surface area contributed by atoms with Crippen LogP contribution in [-0.4, -0.2) is 0 Å². The van der Waals surface area contributed by atoms with E-state index in [-0.39, 0.29) is 0 Å². The Kier molecular flexibility index (Phi) is 3.02. The van der Waals surface area contributed by atoms with Crippen molar-refractivity contribution >= 4 is 28.1 Å². The van der Waals surface area contributed by atoms with E-state index in [9.17, 15) is 0 Å². The van der Waals surface area contributed by atoms with Gasteiger partial charge >= 0.3 is 0 Å². The summed E-state index contributed by atoms with van der Waals surface area (Å²) in [6.07, 6.45) is 0. The van der Waals surface area contributed by atoms with E-state index in [1.54, 1.807) is 6.07 Å². The number of hydrogen-bond acceptors (Lipinski definition) is 2. The van der Waals surface area contributed by atoms with Crippen LogP contribution in [0.1, 0.15) is 0 Å². The number of para-hydroxylation sites is 1. The van der Waals surface area contributed by atoms with Gasteiger partial charge in [-0.2, -0.15) is 0 Å². The molecule has 0 atom stereocenters. The van der Waals surface area contributed by atoms with Gasteiger partial charge in [0.15, 0.2) is 5.75 Å². The molecule has 0 unspecified atom stereocenters. The molecule has 3 heteroatoms. The van der Waals surface area contributed by atoms with Crippen LogP contribution in [0.3, 0.4) is 0 Å². The van der Waals surface area contributed by atoms with E-state index < -0.39 is 0 Å². The number of nitrogens with two attached hydrogens (primary N) is 1. The summed E-state index contributed by atoms with van der Waals surface area (Å²) in [6.45, 7) is 0. The van der Waals surface area contributed by atoms with E-state index >= 15 is 0 Å². The summed E-state index contributed by atoms with van der Waals surface area (Å²) in [5, 5.41) is 2.67. The van der Waals surface area contributed by atoms with Gasteiger partial charge in [-0.1, -0.05) is 54.1 Å². The topological polar surface area (TPSA) is 35.2 Å². The molecular weight excluding hydrogens is 258 g/mol. The van der Waals surface area contributed by atoms with Crippen molar-refractivity contribution in [2.45, 2.75) is 0 Å². The fraction of sp³-hybridized carbons (Fsp3) is 0. The smallest absolute Gasteiger partial charge is 0.151 e.